The molecule has 25 heavy (non-hydrogen) atoms. The summed E-state index contributed by atoms with van der Waals surface area (Å²) >= 11 is 0. The lowest BCUT2D eigenvalue weighted by atomic mass is 9.93. The lowest BCUT2D eigenvalue weighted by Gasteiger charge is -2.37. The van der Waals surface area contributed by atoms with Gasteiger partial charge in [-0.15, -0.1) is 0 Å². The van der Waals surface area contributed by atoms with Gasteiger partial charge in [0, 0.05) is 13.1 Å². The van der Waals surface area contributed by atoms with E-state index in [0.717, 1.165) is 25.7 Å². The van der Waals surface area contributed by atoms with E-state index >= 15 is 0 Å². The van der Waals surface area contributed by atoms with E-state index in [2.05, 4.69) is 0 Å². The zero-order valence-electron chi connectivity index (χ0n) is 15.2. The van der Waals surface area contributed by atoms with Gasteiger partial charge in [0.25, 0.3) is 11.8 Å². The van der Waals surface area contributed by atoms with E-state index in [1.807, 2.05) is 20.9 Å². The summed E-state index contributed by atoms with van der Waals surface area (Å²) in [5.74, 6) is -0.980. The predicted octanol–water partition coefficient (Wildman–Crippen LogP) is 3.10. The molecule has 3 rings (SSSR count). The van der Waals surface area contributed by atoms with Gasteiger partial charge < -0.3 is 4.90 Å². The third-order valence-electron chi connectivity index (χ3n) is 5.46. The molecule has 1 fully saturated rings. The molecule has 0 radical (unpaired) electrons. The van der Waals surface area contributed by atoms with Gasteiger partial charge in [0.15, 0.2) is 0 Å². The molecular weight excluding hydrogens is 316 g/mol. The van der Waals surface area contributed by atoms with Crippen molar-refractivity contribution in [1.29, 1.82) is 0 Å². The molecule has 1 aliphatic heterocycles. The normalized spacial score (nSPS) is 19.3. The first-order valence-corrected chi connectivity index (χ1v) is 9.17. The van der Waals surface area contributed by atoms with Gasteiger partial charge in [0.1, 0.15) is 6.04 Å². The molecule has 0 saturated heterocycles. The fraction of sp³-hybridized carbons (Fsp3) is 0.550. The van der Waals surface area contributed by atoms with E-state index in [4.69, 9.17) is 0 Å². The van der Waals surface area contributed by atoms with Crippen LogP contribution in [-0.4, -0.2) is 46.7 Å². The first-order valence-electron chi connectivity index (χ1n) is 9.17. The molecule has 3 amide bonds. The number of benzene rings is 1. The van der Waals surface area contributed by atoms with Crippen LogP contribution in [0.25, 0.3) is 0 Å². The number of amides is 3. The van der Waals surface area contributed by atoms with Gasteiger partial charge in [-0.05, 0) is 30.9 Å². The molecule has 2 aliphatic rings. The molecule has 0 aromatic heterocycles. The molecule has 5 nitrogen and oxygen atoms in total. The standard InChI is InChI=1S/C20H26N2O3/c1-13(2)17(20(25)21(3)14-9-5-4-6-10-14)22-18(23)15-11-7-8-12-16(15)19(22)24/h7-8,11-14,17H,4-6,9-10H2,1-3H3. The molecule has 0 bridgehead atoms. The van der Waals surface area contributed by atoms with E-state index in [1.165, 1.54) is 11.3 Å². The number of nitrogens with zero attached hydrogens (tertiary/aromatic N) is 2. The third kappa shape index (κ3) is 3.08. The summed E-state index contributed by atoms with van der Waals surface area (Å²) in [5.41, 5.74) is 0.789. The average Bonchev–Trinajstić information content (AvgIpc) is 2.87. The SMILES string of the molecule is CC(C)C(C(=O)N(C)C1CCCCC1)N1C(=O)c2ccccc2C1=O. The van der Waals surface area contributed by atoms with Crippen molar-refractivity contribution in [3.05, 3.63) is 35.4 Å². The van der Waals surface area contributed by atoms with Crippen molar-refractivity contribution in [2.75, 3.05) is 7.05 Å². The number of rotatable bonds is 4. The van der Waals surface area contributed by atoms with Gasteiger partial charge in [0.05, 0.1) is 11.1 Å². The Kier molecular flexibility index (Phi) is 4.93. The molecule has 1 heterocycles. The summed E-state index contributed by atoms with van der Waals surface area (Å²) in [6, 6.07) is 6.25. The maximum absolute atomic E-state index is 13.2. The number of likely N-dealkylation sites (N-methyl/N-ethyl adjacent to an activating group) is 1. The van der Waals surface area contributed by atoms with E-state index in [9.17, 15) is 14.4 Å². The number of imide groups is 1. The largest absolute Gasteiger partial charge is 0.341 e. The van der Waals surface area contributed by atoms with Crippen LogP contribution in [0, 0.1) is 5.92 Å². The highest BCUT2D eigenvalue weighted by Gasteiger charge is 2.45. The topological polar surface area (TPSA) is 57.7 Å². The Balaban J connectivity index is 1.88. The van der Waals surface area contributed by atoms with Crippen LogP contribution in [0.2, 0.25) is 0 Å². The van der Waals surface area contributed by atoms with Crippen LogP contribution in [0.5, 0.6) is 0 Å². The van der Waals surface area contributed by atoms with Gasteiger partial charge in [-0.1, -0.05) is 45.2 Å². The monoisotopic (exact) mass is 342 g/mol. The molecular formula is C20H26N2O3. The number of carbonyl (C=O) groups is 3. The van der Waals surface area contributed by atoms with E-state index in [0.29, 0.717) is 11.1 Å². The third-order valence-corrected chi connectivity index (χ3v) is 5.46. The maximum atomic E-state index is 13.2. The van der Waals surface area contributed by atoms with Crippen molar-refractivity contribution >= 4 is 17.7 Å². The van der Waals surface area contributed by atoms with Crippen LogP contribution in [0.3, 0.4) is 0 Å². The summed E-state index contributed by atoms with van der Waals surface area (Å²) in [6.45, 7) is 3.78. The summed E-state index contributed by atoms with van der Waals surface area (Å²) < 4.78 is 0. The van der Waals surface area contributed by atoms with Crippen molar-refractivity contribution in [2.24, 2.45) is 5.92 Å². The van der Waals surface area contributed by atoms with Crippen LogP contribution >= 0.6 is 0 Å². The Bertz CT molecular complexity index is 657. The Morgan fingerprint density at radius 1 is 1.04 bits per heavy atom. The molecule has 1 atom stereocenters. The van der Waals surface area contributed by atoms with Gasteiger partial charge in [0.2, 0.25) is 5.91 Å². The Hall–Kier alpha value is -2.17. The van der Waals surface area contributed by atoms with Gasteiger partial charge in [-0.25, -0.2) is 0 Å². The minimum atomic E-state index is -0.751. The van der Waals surface area contributed by atoms with Crippen LogP contribution in [0.4, 0.5) is 0 Å². The average molecular weight is 342 g/mol. The van der Waals surface area contributed by atoms with Gasteiger partial charge in [-0.3, -0.25) is 19.3 Å². The van der Waals surface area contributed by atoms with E-state index in [-0.39, 0.29) is 29.7 Å². The highest BCUT2D eigenvalue weighted by Crippen LogP contribution is 2.29. The van der Waals surface area contributed by atoms with Crippen LogP contribution < -0.4 is 0 Å². The summed E-state index contributed by atoms with van der Waals surface area (Å²) in [5, 5.41) is 0. The second-order valence-corrected chi connectivity index (χ2v) is 7.46. The van der Waals surface area contributed by atoms with Gasteiger partial charge >= 0.3 is 0 Å². The lowest BCUT2D eigenvalue weighted by Crippen LogP contribution is -2.54. The van der Waals surface area contributed by atoms with E-state index < -0.39 is 6.04 Å². The molecule has 1 unspecified atom stereocenters. The summed E-state index contributed by atoms with van der Waals surface area (Å²) in [6.07, 6.45) is 5.46. The second-order valence-electron chi connectivity index (χ2n) is 7.46. The molecule has 134 valence electrons. The molecule has 1 aromatic rings. The van der Waals surface area contributed by atoms with Crippen molar-refractivity contribution in [2.45, 2.75) is 58.0 Å². The molecule has 0 N–H and O–H groups in total. The number of fused-ring (bicyclic) bond motifs is 1. The van der Waals surface area contributed by atoms with Crippen molar-refractivity contribution in [1.82, 2.24) is 9.80 Å². The summed E-state index contributed by atoms with van der Waals surface area (Å²) in [4.78, 5) is 41.7. The lowest BCUT2D eigenvalue weighted by molar-refractivity contribution is -0.138. The Morgan fingerprint density at radius 2 is 1.56 bits per heavy atom. The second kappa shape index (κ2) is 6.98. The summed E-state index contributed by atoms with van der Waals surface area (Å²) in [7, 11) is 1.81. The zero-order chi connectivity index (χ0) is 18.1. The fourth-order valence-electron chi connectivity index (χ4n) is 4.01. The highest BCUT2D eigenvalue weighted by atomic mass is 16.2. The minimum absolute atomic E-state index is 0.128. The molecule has 1 aliphatic carbocycles. The first-order chi connectivity index (χ1) is 11.9. The van der Waals surface area contributed by atoms with Gasteiger partial charge in [-0.2, -0.15) is 0 Å². The minimum Gasteiger partial charge on any atom is -0.341 e. The maximum Gasteiger partial charge on any atom is 0.262 e. The predicted molar refractivity (Wildman–Crippen MR) is 95.2 cm³/mol. The highest BCUT2D eigenvalue weighted by molar-refractivity contribution is 6.22. The first kappa shape index (κ1) is 17.6. The number of carbonyl (C=O) groups excluding carboxylic acids is 3. The quantitative estimate of drug-likeness (QED) is 0.790. The molecule has 0 spiro atoms. The zero-order valence-corrected chi connectivity index (χ0v) is 15.2. The van der Waals surface area contributed by atoms with E-state index in [1.54, 1.807) is 29.2 Å². The molecule has 1 aromatic carbocycles. The molecule has 5 heteroatoms. The van der Waals surface area contributed by atoms with Crippen LogP contribution in [0.15, 0.2) is 24.3 Å². The fourth-order valence-corrected chi connectivity index (χ4v) is 4.01. The van der Waals surface area contributed by atoms with Crippen LogP contribution in [-0.2, 0) is 4.79 Å². The Morgan fingerprint density at radius 3 is 2.04 bits per heavy atom. The van der Waals surface area contributed by atoms with Crippen LogP contribution in [0.1, 0.15) is 66.7 Å². The molecule has 1 saturated carbocycles. The number of hydrogen-bond acceptors (Lipinski definition) is 3. The van der Waals surface area contributed by atoms with Crippen molar-refractivity contribution in [3.63, 3.8) is 0 Å². The van der Waals surface area contributed by atoms with Crippen molar-refractivity contribution in [3.8, 4) is 0 Å². The Labute approximate surface area is 149 Å². The van der Waals surface area contributed by atoms with Crippen molar-refractivity contribution < 1.29 is 14.4 Å². The number of hydrogen-bond donors (Lipinski definition) is 0. The smallest absolute Gasteiger partial charge is 0.262 e.